The summed E-state index contributed by atoms with van der Waals surface area (Å²) in [4.78, 5) is 10.8. The van der Waals surface area contributed by atoms with Gasteiger partial charge >= 0.3 is 5.97 Å². The summed E-state index contributed by atoms with van der Waals surface area (Å²) in [6, 6.07) is 9.21. The molecule has 1 aromatic heterocycles. The van der Waals surface area contributed by atoms with Gasteiger partial charge in [-0.3, -0.25) is 0 Å². The lowest BCUT2D eigenvalue weighted by Crippen LogP contribution is -2.03. The predicted molar refractivity (Wildman–Crippen MR) is 60.6 cm³/mol. The van der Waals surface area contributed by atoms with E-state index in [1.165, 1.54) is 0 Å². The molecule has 0 saturated carbocycles. The van der Waals surface area contributed by atoms with Gasteiger partial charge < -0.3 is 15.4 Å². The van der Waals surface area contributed by atoms with Crippen molar-refractivity contribution in [1.29, 1.82) is 0 Å². The zero-order chi connectivity index (χ0) is 11.5. The molecule has 1 heterocycles. The number of nitrogens with two attached hydrogens (primary N) is 1. The highest BCUT2D eigenvalue weighted by Gasteiger charge is 2.07. The molecular formula is C12H12N2O2. The Morgan fingerprint density at radius 3 is 2.69 bits per heavy atom. The van der Waals surface area contributed by atoms with Crippen LogP contribution in [-0.4, -0.2) is 15.6 Å². The smallest absolute Gasteiger partial charge is 0.337 e. The first-order valence-electron chi connectivity index (χ1n) is 4.92. The van der Waals surface area contributed by atoms with Crippen molar-refractivity contribution in [2.45, 2.75) is 6.54 Å². The molecule has 0 saturated heterocycles. The normalized spacial score (nSPS) is 10.3. The number of carboxylic acids is 1. The van der Waals surface area contributed by atoms with Gasteiger partial charge in [-0.25, -0.2) is 4.79 Å². The fourth-order valence-corrected chi connectivity index (χ4v) is 1.61. The predicted octanol–water partition coefficient (Wildman–Crippen LogP) is 1.63. The third-order valence-electron chi connectivity index (χ3n) is 2.43. The Kier molecular flexibility index (Phi) is 2.74. The minimum atomic E-state index is -0.927. The van der Waals surface area contributed by atoms with Crippen molar-refractivity contribution in [1.82, 2.24) is 4.57 Å². The zero-order valence-corrected chi connectivity index (χ0v) is 8.63. The van der Waals surface area contributed by atoms with Gasteiger partial charge in [0.05, 0.1) is 5.56 Å². The van der Waals surface area contributed by atoms with Crippen LogP contribution >= 0.6 is 0 Å². The van der Waals surface area contributed by atoms with E-state index in [0.29, 0.717) is 6.54 Å². The fraction of sp³-hybridized carbons (Fsp3) is 0.0833. The molecule has 4 nitrogen and oxygen atoms in total. The Morgan fingerprint density at radius 1 is 1.31 bits per heavy atom. The van der Waals surface area contributed by atoms with Gasteiger partial charge in [0.1, 0.15) is 0 Å². The molecule has 0 radical (unpaired) electrons. The first-order chi connectivity index (χ1) is 7.72. The van der Waals surface area contributed by atoms with Crippen molar-refractivity contribution in [3.05, 3.63) is 53.9 Å². The molecule has 16 heavy (non-hydrogen) atoms. The Bertz CT molecular complexity index is 517. The quantitative estimate of drug-likeness (QED) is 0.819. The molecular weight excluding hydrogens is 204 g/mol. The van der Waals surface area contributed by atoms with Crippen LogP contribution in [0.5, 0.6) is 0 Å². The van der Waals surface area contributed by atoms with Crippen LogP contribution in [0.1, 0.15) is 15.9 Å². The molecule has 1 aromatic carbocycles. The maximum Gasteiger partial charge on any atom is 0.337 e. The molecule has 0 aliphatic carbocycles. The van der Waals surface area contributed by atoms with Gasteiger partial charge in [-0.15, -0.1) is 0 Å². The van der Waals surface area contributed by atoms with Gasteiger partial charge in [-0.2, -0.15) is 0 Å². The van der Waals surface area contributed by atoms with E-state index >= 15 is 0 Å². The fourth-order valence-electron chi connectivity index (χ4n) is 1.61. The van der Waals surface area contributed by atoms with Crippen molar-refractivity contribution >= 4 is 5.97 Å². The highest BCUT2D eigenvalue weighted by Crippen LogP contribution is 2.15. The maximum absolute atomic E-state index is 10.8. The van der Waals surface area contributed by atoms with Crippen LogP contribution in [0.25, 0.3) is 5.69 Å². The molecule has 2 rings (SSSR count). The van der Waals surface area contributed by atoms with Crippen molar-refractivity contribution in [3.63, 3.8) is 0 Å². The summed E-state index contributed by atoms with van der Waals surface area (Å²) in [5, 5.41) is 8.83. The van der Waals surface area contributed by atoms with E-state index in [0.717, 1.165) is 11.3 Å². The standard InChI is InChI=1S/C12H12N2O2/c13-7-9-3-1-2-4-11(9)14-6-5-10(8-14)12(15)16/h1-6,8H,7,13H2,(H,15,16). The van der Waals surface area contributed by atoms with Gasteiger partial charge in [0.15, 0.2) is 0 Å². The number of aromatic carboxylic acids is 1. The van der Waals surface area contributed by atoms with Crippen molar-refractivity contribution in [2.24, 2.45) is 5.73 Å². The van der Waals surface area contributed by atoms with E-state index in [1.54, 1.807) is 23.0 Å². The Morgan fingerprint density at radius 2 is 2.06 bits per heavy atom. The number of hydrogen-bond acceptors (Lipinski definition) is 2. The largest absolute Gasteiger partial charge is 0.478 e. The lowest BCUT2D eigenvalue weighted by molar-refractivity contribution is 0.0697. The second kappa shape index (κ2) is 4.20. The number of para-hydroxylation sites is 1. The van der Waals surface area contributed by atoms with Crippen LogP contribution in [0.4, 0.5) is 0 Å². The van der Waals surface area contributed by atoms with Crippen LogP contribution in [0.2, 0.25) is 0 Å². The molecule has 0 spiro atoms. The van der Waals surface area contributed by atoms with Crippen LogP contribution in [0.15, 0.2) is 42.7 Å². The summed E-state index contributed by atoms with van der Waals surface area (Å²) in [6.07, 6.45) is 3.30. The van der Waals surface area contributed by atoms with E-state index in [2.05, 4.69) is 0 Å². The molecule has 0 aliphatic rings. The van der Waals surface area contributed by atoms with Gasteiger partial charge in [-0.05, 0) is 17.7 Å². The number of benzene rings is 1. The third-order valence-corrected chi connectivity index (χ3v) is 2.43. The first kappa shape index (κ1) is 10.4. The molecule has 4 heteroatoms. The van der Waals surface area contributed by atoms with Gasteiger partial charge in [0.2, 0.25) is 0 Å². The minimum Gasteiger partial charge on any atom is -0.478 e. The molecule has 82 valence electrons. The molecule has 0 fully saturated rings. The van der Waals surface area contributed by atoms with E-state index in [-0.39, 0.29) is 5.56 Å². The van der Waals surface area contributed by atoms with Crippen LogP contribution < -0.4 is 5.73 Å². The highest BCUT2D eigenvalue weighted by atomic mass is 16.4. The van der Waals surface area contributed by atoms with E-state index < -0.39 is 5.97 Å². The van der Waals surface area contributed by atoms with E-state index in [1.807, 2.05) is 24.3 Å². The number of rotatable bonds is 3. The lowest BCUT2D eigenvalue weighted by Gasteiger charge is -2.07. The molecule has 0 atom stereocenters. The maximum atomic E-state index is 10.8. The van der Waals surface area contributed by atoms with Gasteiger partial charge in [0.25, 0.3) is 0 Å². The summed E-state index contributed by atoms with van der Waals surface area (Å²) in [5.41, 5.74) is 7.79. The average molecular weight is 216 g/mol. The van der Waals surface area contributed by atoms with E-state index in [9.17, 15) is 4.79 Å². The molecule has 3 N–H and O–H groups in total. The van der Waals surface area contributed by atoms with Gasteiger partial charge in [-0.1, -0.05) is 18.2 Å². The highest BCUT2D eigenvalue weighted by molar-refractivity contribution is 5.87. The summed E-state index contributed by atoms with van der Waals surface area (Å²) < 4.78 is 1.77. The number of carboxylic acid groups (broad SMARTS) is 1. The topological polar surface area (TPSA) is 68.2 Å². The zero-order valence-electron chi connectivity index (χ0n) is 8.63. The van der Waals surface area contributed by atoms with Crippen LogP contribution in [0, 0.1) is 0 Å². The summed E-state index contributed by atoms with van der Waals surface area (Å²) in [7, 11) is 0. The Hall–Kier alpha value is -2.07. The van der Waals surface area contributed by atoms with Gasteiger partial charge in [0, 0.05) is 24.6 Å². The molecule has 0 bridgehead atoms. The average Bonchev–Trinajstić information content (AvgIpc) is 2.78. The minimum absolute atomic E-state index is 0.270. The van der Waals surface area contributed by atoms with Crippen molar-refractivity contribution < 1.29 is 9.90 Å². The van der Waals surface area contributed by atoms with Crippen LogP contribution in [0.3, 0.4) is 0 Å². The SMILES string of the molecule is NCc1ccccc1-n1ccc(C(=O)O)c1. The molecule has 0 unspecified atom stereocenters. The van der Waals surface area contributed by atoms with Crippen LogP contribution in [-0.2, 0) is 6.54 Å². The molecule has 2 aromatic rings. The number of aromatic nitrogens is 1. The Labute approximate surface area is 92.9 Å². The summed E-state index contributed by atoms with van der Waals surface area (Å²) in [6.45, 7) is 0.427. The molecule has 0 amide bonds. The summed E-state index contributed by atoms with van der Waals surface area (Å²) in [5.74, 6) is -0.927. The number of hydrogen-bond donors (Lipinski definition) is 2. The monoisotopic (exact) mass is 216 g/mol. The first-order valence-corrected chi connectivity index (χ1v) is 4.92. The number of nitrogens with zero attached hydrogens (tertiary/aromatic N) is 1. The second-order valence-electron chi connectivity index (χ2n) is 3.45. The molecule has 0 aliphatic heterocycles. The summed E-state index contributed by atoms with van der Waals surface area (Å²) >= 11 is 0. The van der Waals surface area contributed by atoms with Crippen molar-refractivity contribution in [3.8, 4) is 5.69 Å². The van der Waals surface area contributed by atoms with E-state index in [4.69, 9.17) is 10.8 Å². The third kappa shape index (κ3) is 1.83. The second-order valence-corrected chi connectivity index (χ2v) is 3.45. The lowest BCUT2D eigenvalue weighted by atomic mass is 10.2. The van der Waals surface area contributed by atoms with Crippen molar-refractivity contribution in [2.75, 3.05) is 0 Å². The Balaban J connectivity index is 2.46. The number of carbonyl (C=O) groups is 1.